The summed E-state index contributed by atoms with van der Waals surface area (Å²) in [6, 6.07) is 4.04. The molecule has 1 saturated heterocycles. The lowest BCUT2D eigenvalue weighted by molar-refractivity contribution is 0.0945. The molecule has 0 atom stereocenters. The van der Waals surface area contributed by atoms with Crippen LogP contribution >= 0.6 is 0 Å². The SMILES string of the molecule is Cc1cnc(C(=O)NCc2ccc(N3CCCCC3)nc2)cn1. The summed E-state index contributed by atoms with van der Waals surface area (Å²) in [4.78, 5) is 27.0. The Kier molecular flexibility index (Phi) is 4.80. The van der Waals surface area contributed by atoms with E-state index < -0.39 is 0 Å². The van der Waals surface area contributed by atoms with E-state index in [9.17, 15) is 4.79 Å². The van der Waals surface area contributed by atoms with Gasteiger partial charge in [-0.2, -0.15) is 0 Å². The Hall–Kier alpha value is -2.50. The van der Waals surface area contributed by atoms with Gasteiger partial charge in [0.05, 0.1) is 11.9 Å². The highest BCUT2D eigenvalue weighted by atomic mass is 16.1. The summed E-state index contributed by atoms with van der Waals surface area (Å²) in [6.45, 7) is 4.43. The van der Waals surface area contributed by atoms with Crippen LogP contribution in [0.5, 0.6) is 0 Å². The van der Waals surface area contributed by atoms with Crippen molar-refractivity contribution in [2.45, 2.75) is 32.7 Å². The van der Waals surface area contributed by atoms with E-state index in [0.717, 1.165) is 30.2 Å². The lowest BCUT2D eigenvalue weighted by Crippen LogP contribution is -2.30. The van der Waals surface area contributed by atoms with Crippen molar-refractivity contribution in [3.05, 3.63) is 47.7 Å². The predicted octanol–water partition coefficient (Wildman–Crippen LogP) is 2.10. The minimum Gasteiger partial charge on any atom is -0.357 e. The summed E-state index contributed by atoms with van der Waals surface area (Å²) in [6.07, 6.45) is 8.67. The topological polar surface area (TPSA) is 71.0 Å². The van der Waals surface area contributed by atoms with Crippen LogP contribution in [-0.4, -0.2) is 33.9 Å². The predicted molar refractivity (Wildman–Crippen MR) is 88.2 cm³/mol. The molecule has 0 aliphatic carbocycles. The van der Waals surface area contributed by atoms with Crippen molar-refractivity contribution in [1.29, 1.82) is 0 Å². The first-order valence-corrected chi connectivity index (χ1v) is 7.99. The quantitative estimate of drug-likeness (QED) is 0.936. The largest absolute Gasteiger partial charge is 0.357 e. The normalized spacial score (nSPS) is 14.6. The molecule has 0 bridgehead atoms. The number of carbonyl (C=O) groups excluding carboxylic acids is 1. The van der Waals surface area contributed by atoms with Crippen LogP contribution in [0.25, 0.3) is 0 Å². The molecule has 1 aliphatic rings. The molecule has 1 N–H and O–H groups in total. The van der Waals surface area contributed by atoms with Gasteiger partial charge in [-0.25, -0.2) is 9.97 Å². The monoisotopic (exact) mass is 311 g/mol. The number of nitrogens with zero attached hydrogens (tertiary/aromatic N) is 4. The highest BCUT2D eigenvalue weighted by Crippen LogP contribution is 2.17. The van der Waals surface area contributed by atoms with Gasteiger partial charge < -0.3 is 10.2 Å². The Balaban J connectivity index is 1.55. The van der Waals surface area contributed by atoms with Gasteiger partial charge in [0.25, 0.3) is 5.91 Å². The van der Waals surface area contributed by atoms with Gasteiger partial charge in [0.1, 0.15) is 11.5 Å². The number of hydrogen-bond acceptors (Lipinski definition) is 5. The average Bonchev–Trinajstić information content (AvgIpc) is 2.61. The van der Waals surface area contributed by atoms with Crippen molar-refractivity contribution < 1.29 is 4.79 Å². The van der Waals surface area contributed by atoms with E-state index in [4.69, 9.17) is 0 Å². The molecule has 6 nitrogen and oxygen atoms in total. The van der Waals surface area contributed by atoms with Crippen LogP contribution in [0, 0.1) is 6.92 Å². The fraction of sp³-hybridized carbons (Fsp3) is 0.412. The minimum atomic E-state index is -0.224. The summed E-state index contributed by atoms with van der Waals surface area (Å²) >= 11 is 0. The van der Waals surface area contributed by atoms with Crippen molar-refractivity contribution in [2.75, 3.05) is 18.0 Å². The number of aromatic nitrogens is 3. The number of aryl methyl sites for hydroxylation is 1. The van der Waals surface area contributed by atoms with Crippen molar-refractivity contribution in [2.24, 2.45) is 0 Å². The zero-order valence-corrected chi connectivity index (χ0v) is 13.3. The van der Waals surface area contributed by atoms with Crippen LogP contribution in [0.2, 0.25) is 0 Å². The lowest BCUT2D eigenvalue weighted by Gasteiger charge is -2.27. The Morgan fingerprint density at radius 3 is 2.57 bits per heavy atom. The molecule has 0 saturated carbocycles. The van der Waals surface area contributed by atoms with Crippen LogP contribution in [0.4, 0.5) is 5.82 Å². The van der Waals surface area contributed by atoms with Crippen LogP contribution in [0.1, 0.15) is 41.0 Å². The van der Waals surface area contributed by atoms with E-state index in [2.05, 4.69) is 25.2 Å². The second kappa shape index (κ2) is 7.17. The van der Waals surface area contributed by atoms with E-state index in [0.29, 0.717) is 12.2 Å². The van der Waals surface area contributed by atoms with Crippen molar-refractivity contribution >= 4 is 11.7 Å². The Morgan fingerprint density at radius 2 is 1.91 bits per heavy atom. The first-order valence-electron chi connectivity index (χ1n) is 7.99. The van der Waals surface area contributed by atoms with Gasteiger partial charge in [-0.15, -0.1) is 0 Å². The molecule has 1 amide bonds. The molecule has 0 aromatic carbocycles. The maximum Gasteiger partial charge on any atom is 0.271 e. The Morgan fingerprint density at radius 1 is 1.09 bits per heavy atom. The molecular weight excluding hydrogens is 290 g/mol. The number of nitrogens with one attached hydrogen (secondary N) is 1. The zero-order valence-electron chi connectivity index (χ0n) is 13.3. The summed E-state index contributed by atoms with van der Waals surface area (Å²) < 4.78 is 0. The maximum absolute atomic E-state index is 12.0. The molecule has 3 rings (SSSR count). The zero-order chi connectivity index (χ0) is 16.1. The summed E-state index contributed by atoms with van der Waals surface area (Å²) in [5.74, 6) is 0.793. The number of pyridine rings is 1. The van der Waals surface area contributed by atoms with Gasteiger partial charge in [-0.3, -0.25) is 9.78 Å². The maximum atomic E-state index is 12.0. The van der Waals surface area contributed by atoms with Gasteiger partial charge in [0.15, 0.2) is 0 Å². The third-order valence-electron chi connectivity index (χ3n) is 3.96. The summed E-state index contributed by atoms with van der Waals surface area (Å²) in [5, 5.41) is 2.84. The van der Waals surface area contributed by atoms with Gasteiger partial charge in [-0.1, -0.05) is 6.07 Å². The van der Waals surface area contributed by atoms with Crippen molar-refractivity contribution in [3.63, 3.8) is 0 Å². The highest BCUT2D eigenvalue weighted by Gasteiger charge is 2.12. The van der Waals surface area contributed by atoms with E-state index in [1.807, 2.05) is 25.3 Å². The van der Waals surface area contributed by atoms with E-state index in [-0.39, 0.29) is 5.91 Å². The number of piperidine rings is 1. The number of amides is 1. The van der Waals surface area contributed by atoms with E-state index in [1.54, 1.807) is 6.20 Å². The Labute approximate surface area is 136 Å². The van der Waals surface area contributed by atoms with Crippen molar-refractivity contribution in [1.82, 2.24) is 20.3 Å². The molecule has 0 radical (unpaired) electrons. The smallest absolute Gasteiger partial charge is 0.271 e. The standard InChI is InChI=1S/C17H21N5O/c1-13-9-19-15(12-18-13)17(23)21-11-14-5-6-16(20-10-14)22-7-3-2-4-8-22/h5-6,9-10,12H,2-4,7-8,11H2,1H3,(H,21,23). The molecule has 0 spiro atoms. The number of anilines is 1. The number of rotatable bonds is 4. The average molecular weight is 311 g/mol. The van der Waals surface area contributed by atoms with Crippen molar-refractivity contribution in [3.8, 4) is 0 Å². The van der Waals surface area contributed by atoms with Gasteiger partial charge in [0, 0.05) is 32.0 Å². The van der Waals surface area contributed by atoms with E-state index >= 15 is 0 Å². The van der Waals surface area contributed by atoms with Gasteiger partial charge in [-0.05, 0) is 37.8 Å². The van der Waals surface area contributed by atoms with Crippen LogP contribution in [0.3, 0.4) is 0 Å². The fourth-order valence-electron chi connectivity index (χ4n) is 2.61. The van der Waals surface area contributed by atoms with Gasteiger partial charge >= 0.3 is 0 Å². The molecule has 6 heteroatoms. The number of carbonyl (C=O) groups is 1. The molecule has 3 heterocycles. The first-order chi connectivity index (χ1) is 11.2. The molecule has 1 aliphatic heterocycles. The van der Waals surface area contributed by atoms with Crippen LogP contribution in [-0.2, 0) is 6.54 Å². The molecule has 23 heavy (non-hydrogen) atoms. The molecule has 2 aromatic heterocycles. The molecule has 2 aromatic rings. The molecule has 120 valence electrons. The first kappa shape index (κ1) is 15.4. The highest BCUT2D eigenvalue weighted by molar-refractivity contribution is 5.91. The molecule has 0 unspecified atom stereocenters. The molecular formula is C17H21N5O. The molecule has 1 fully saturated rings. The van der Waals surface area contributed by atoms with E-state index in [1.165, 1.54) is 25.5 Å². The summed E-state index contributed by atoms with van der Waals surface area (Å²) in [5.41, 5.74) is 2.09. The second-order valence-corrected chi connectivity index (χ2v) is 5.80. The fourth-order valence-corrected chi connectivity index (χ4v) is 2.61. The minimum absolute atomic E-state index is 0.224. The lowest BCUT2D eigenvalue weighted by atomic mass is 10.1. The third-order valence-corrected chi connectivity index (χ3v) is 3.96. The Bertz CT molecular complexity index is 648. The summed E-state index contributed by atoms with van der Waals surface area (Å²) in [7, 11) is 0. The van der Waals surface area contributed by atoms with Crippen LogP contribution in [0.15, 0.2) is 30.7 Å². The van der Waals surface area contributed by atoms with Crippen LogP contribution < -0.4 is 10.2 Å². The van der Waals surface area contributed by atoms with Gasteiger partial charge in [0.2, 0.25) is 0 Å². The number of hydrogen-bond donors (Lipinski definition) is 1. The third kappa shape index (κ3) is 4.03. The second-order valence-electron chi connectivity index (χ2n) is 5.80.